The molecule has 1 aliphatic rings. The van der Waals surface area contributed by atoms with E-state index >= 15 is 0 Å². The summed E-state index contributed by atoms with van der Waals surface area (Å²) < 4.78 is 26.8. The zero-order chi connectivity index (χ0) is 20.1. The van der Waals surface area contributed by atoms with E-state index in [1.54, 1.807) is 18.3 Å². The van der Waals surface area contributed by atoms with Crippen molar-refractivity contribution in [1.82, 2.24) is 9.73 Å². The molecule has 1 saturated heterocycles. The fourth-order valence-electron chi connectivity index (χ4n) is 3.07. The standard InChI is InChI=1S/C21H25N3O3S/c1-16(2)18-10-8-17(9-11-18)15-22-23-21(25)19-6-5-7-20(14-19)28(26,27)24-12-3-4-13-24/h5-11,14-16H,3-4,12-13H2,1-2H3,(H,23,25)/b22-15+. The first-order valence-electron chi connectivity index (χ1n) is 9.41. The molecule has 0 atom stereocenters. The van der Waals surface area contributed by atoms with Gasteiger partial charge in [-0.05, 0) is 48.1 Å². The predicted octanol–water partition coefficient (Wildman–Crippen LogP) is 3.36. The van der Waals surface area contributed by atoms with Gasteiger partial charge in [0.2, 0.25) is 10.0 Å². The average molecular weight is 400 g/mol. The Labute approximate surface area is 166 Å². The molecule has 1 heterocycles. The van der Waals surface area contributed by atoms with Crippen LogP contribution in [0.3, 0.4) is 0 Å². The zero-order valence-electron chi connectivity index (χ0n) is 16.1. The molecule has 1 fully saturated rings. The Balaban J connectivity index is 1.67. The number of rotatable bonds is 6. The van der Waals surface area contributed by atoms with Crippen LogP contribution < -0.4 is 5.43 Å². The van der Waals surface area contributed by atoms with Gasteiger partial charge >= 0.3 is 0 Å². The van der Waals surface area contributed by atoms with Crippen molar-refractivity contribution >= 4 is 22.1 Å². The largest absolute Gasteiger partial charge is 0.271 e. The molecule has 3 rings (SSSR count). The number of hydrazone groups is 1. The van der Waals surface area contributed by atoms with Gasteiger partial charge in [-0.2, -0.15) is 9.41 Å². The molecular formula is C21H25N3O3S. The van der Waals surface area contributed by atoms with Gasteiger partial charge in [0.25, 0.3) is 5.91 Å². The number of benzene rings is 2. The van der Waals surface area contributed by atoms with E-state index in [4.69, 9.17) is 0 Å². The molecule has 0 saturated carbocycles. The number of hydrogen-bond donors (Lipinski definition) is 1. The van der Waals surface area contributed by atoms with Crippen molar-refractivity contribution in [3.05, 3.63) is 65.2 Å². The molecule has 148 valence electrons. The molecule has 1 aliphatic heterocycles. The highest BCUT2D eigenvalue weighted by Crippen LogP contribution is 2.21. The first-order valence-corrected chi connectivity index (χ1v) is 10.9. The summed E-state index contributed by atoms with van der Waals surface area (Å²) in [5, 5.41) is 3.98. The summed E-state index contributed by atoms with van der Waals surface area (Å²) in [6.45, 7) is 5.31. The lowest BCUT2D eigenvalue weighted by atomic mass is 10.0. The molecule has 2 aromatic rings. The van der Waals surface area contributed by atoms with Crippen LogP contribution in [0.4, 0.5) is 0 Å². The molecule has 7 heteroatoms. The Hall–Kier alpha value is -2.51. The van der Waals surface area contributed by atoms with E-state index in [1.165, 1.54) is 22.0 Å². The normalized spacial score (nSPS) is 15.4. The third kappa shape index (κ3) is 4.66. The van der Waals surface area contributed by atoms with Crippen molar-refractivity contribution in [1.29, 1.82) is 0 Å². The average Bonchev–Trinajstić information content (AvgIpc) is 3.24. The van der Waals surface area contributed by atoms with Gasteiger partial charge in [0.1, 0.15) is 0 Å². The van der Waals surface area contributed by atoms with E-state index in [1.807, 2.05) is 24.3 Å². The molecule has 28 heavy (non-hydrogen) atoms. The summed E-state index contributed by atoms with van der Waals surface area (Å²) in [4.78, 5) is 12.5. The van der Waals surface area contributed by atoms with Gasteiger partial charge in [0.15, 0.2) is 0 Å². The molecule has 0 bridgehead atoms. The second-order valence-electron chi connectivity index (χ2n) is 7.16. The lowest BCUT2D eigenvalue weighted by Crippen LogP contribution is -2.28. The van der Waals surface area contributed by atoms with Crippen LogP contribution in [0, 0.1) is 0 Å². The van der Waals surface area contributed by atoms with Gasteiger partial charge in [0, 0.05) is 18.7 Å². The Morgan fingerprint density at radius 3 is 2.43 bits per heavy atom. The van der Waals surface area contributed by atoms with Crippen molar-refractivity contribution in [3.8, 4) is 0 Å². The highest BCUT2D eigenvalue weighted by atomic mass is 32.2. The number of nitrogens with zero attached hydrogens (tertiary/aromatic N) is 2. The minimum atomic E-state index is -3.55. The van der Waals surface area contributed by atoms with Crippen molar-refractivity contribution in [2.24, 2.45) is 5.10 Å². The third-order valence-corrected chi connectivity index (χ3v) is 6.68. The maximum absolute atomic E-state index is 12.6. The van der Waals surface area contributed by atoms with Crippen LogP contribution in [0.2, 0.25) is 0 Å². The fraction of sp³-hybridized carbons (Fsp3) is 0.333. The highest BCUT2D eigenvalue weighted by molar-refractivity contribution is 7.89. The van der Waals surface area contributed by atoms with Crippen LogP contribution in [-0.2, 0) is 10.0 Å². The molecule has 0 aromatic heterocycles. The Morgan fingerprint density at radius 2 is 1.79 bits per heavy atom. The van der Waals surface area contributed by atoms with E-state index < -0.39 is 15.9 Å². The van der Waals surface area contributed by atoms with Crippen LogP contribution in [0.25, 0.3) is 0 Å². The Morgan fingerprint density at radius 1 is 1.11 bits per heavy atom. The molecule has 2 aromatic carbocycles. The summed E-state index contributed by atoms with van der Waals surface area (Å²) in [6, 6.07) is 14.0. The summed E-state index contributed by atoms with van der Waals surface area (Å²) in [7, 11) is -3.55. The topological polar surface area (TPSA) is 78.8 Å². The molecule has 6 nitrogen and oxygen atoms in total. The van der Waals surface area contributed by atoms with Crippen LogP contribution in [0.15, 0.2) is 58.5 Å². The number of amides is 1. The molecule has 1 N–H and O–H groups in total. The first kappa shape index (κ1) is 20.2. The molecule has 0 radical (unpaired) electrons. The number of carbonyl (C=O) groups excluding carboxylic acids is 1. The second-order valence-corrected chi connectivity index (χ2v) is 9.10. The van der Waals surface area contributed by atoms with Crippen molar-refractivity contribution in [2.75, 3.05) is 13.1 Å². The quantitative estimate of drug-likeness (QED) is 0.598. The lowest BCUT2D eigenvalue weighted by Gasteiger charge is -2.15. The van der Waals surface area contributed by atoms with Crippen LogP contribution in [-0.4, -0.2) is 37.9 Å². The molecule has 0 unspecified atom stereocenters. The van der Waals surface area contributed by atoms with Crippen LogP contribution in [0.5, 0.6) is 0 Å². The molecule has 1 amide bonds. The number of carbonyl (C=O) groups is 1. The van der Waals surface area contributed by atoms with Crippen molar-refractivity contribution in [3.63, 3.8) is 0 Å². The fourth-order valence-corrected chi connectivity index (χ4v) is 4.64. The summed E-state index contributed by atoms with van der Waals surface area (Å²) in [6.07, 6.45) is 3.30. The van der Waals surface area contributed by atoms with Crippen LogP contribution >= 0.6 is 0 Å². The lowest BCUT2D eigenvalue weighted by molar-refractivity contribution is 0.0955. The minimum absolute atomic E-state index is 0.135. The predicted molar refractivity (Wildman–Crippen MR) is 110 cm³/mol. The van der Waals surface area contributed by atoms with E-state index in [9.17, 15) is 13.2 Å². The first-order chi connectivity index (χ1) is 13.4. The maximum atomic E-state index is 12.6. The van der Waals surface area contributed by atoms with Crippen molar-refractivity contribution < 1.29 is 13.2 Å². The van der Waals surface area contributed by atoms with E-state index in [-0.39, 0.29) is 10.5 Å². The smallest absolute Gasteiger partial charge is 0.267 e. The SMILES string of the molecule is CC(C)c1ccc(/C=N/NC(=O)c2cccc(S(=O)(=O)N3CCCC3)c2)cc1. The molecule has 0 aliphatic carbocycles. The van der Waals surface area contributed by atoms with Gasteiger partial charge in [-0.25, -0.2) is 13.8 Å². The van der Waals surface area contributed by atoms with E-state index in [0.29, 0.717) is 19.0 Å². The summed E-state index contributed by atoms with van der Waals surface area (Å²) >= 11 is 0. The number of hydrogen-bond acceptors (Lipinski definition) is 4. The summed E-state index contributed by atoms with van der Waals surface area (Å²) in [5.41, 5.74) is 4.82. The monoisotopic (exact) mass is 399 g/mol. The van der Waals surface area contributed by atoms with Gasteiger partial charge in [-0.15, -0.1) is 0 Å². The minimum Gasteiger partial charge on any atom is -0.267 e. The van der Waals surface area contributed by atoms with Gasteiger partial charge in [0.05, 0.1) is 11.1 Å². The number of sulfonamides is 1. The third-order valence-electron chi connectivity index (χ3n) is 4.78. The molecular weight excluding hydrogens is 374 g/mol. The molecule has 0 spiro atoms. The van der Waals surface area contributed by atoms with Crippen molar-refractivity contribution in [2.45, 2.75) is 37.5 Å². The van der Waals surface area contributed by atoms with E-state index in [0.717, 1.165) is 18.4 Å². The van der Waals surface area contributed by atoms with Gasteiger partial charge in [-0.1, -0.05) is 44.2 Å². The Kier molecular flexibility index (Phi) is 6.26. The van der Waals surface area contributed by atoms with E-state index in [2.05, 4.69) is 24.4 Å². The second kappa shape index (κ2) is 8.67. The van der Waals surface area contributed by atoms with Gasteiger partial charge < -0.3 is 0 Å². The van der Waals surface area contributed by atoms with Gasteiger partial charge in [-0.3, -0.25) is 4.79 Å². The summed E-state index contributed by atoms with van der Waals surface area (Å²) in [5.74, 6) is 0.00308. The highest BCUT2D eigenvalue weighted by Gasteiger charge is 2.27. The Bertz CT molecular complexity index is 961. The maximum Gasteiger partial charge on any atom is 0.271 e. The number of nitrogens with one attached hydrogen (secondary N) is 1. The van der Waals surface area contributed by atoms with Crippen LogP contribution in [0.1, 0.15) is 54.1 Å². The zero-order valence-corrected chi connectivity index (χ0v) is 16.9.